The van der Waals surface area contributed by atoms with Crippen LogP contribution in [0.2, 0.25) is 0 Å². The Bertz CT molecular complexity index is 344. The molecule has 0 radical (unpaired) electrons. The first kappa shape index (κ1) is 16.9. The van der Waals surface area contributed by atoms with Crippen LogP contribution >= 0.6 is 12.4 Å². The Morgan fingerprint density at radius 3 is 2.83 bits per heavy atom. The molecule has 0 bridgehead atoms. The number of ether oxygens (including phenoxy) is 1. The highest BCUT2D eigenvalue weighted by atomic mass is 35.5. The number of nitrogens with zero attached hydrogens (tertiary/aromatic N) is 1. The Balaban J connectivity index is 0.00000289. The molecule has 6 nitrogen and oxygen atoms in total. The van der Waals surface area contributed by atoms with E-state index < -0.39 is 0 Å². The van der Waals surface area contributed by atoms with E-state index in [9.17, 15) is 4.79 Å². The first-order valence-electron chi connectivity index (χ1n) is 5.61. The first-order chi connectivity index (χ1) is 8.22. The van der Waals surface area contributed by atoms with Crippen molar-refractivity contribution in [1.29, 1.82) is 0 Å². The van der Waals surface area contributed by atoms with Gasteiger partial charge in [-0.15, -0.1) is 12.4 Å². The average molecular weight is 278 g/mol. The molecule has 0 saturated heterocycles. The van der Waals surface area contributed by atoms with E-state index in [1.807, 2.05) is 0 Å². The quantitative estimate of drug-likeness (QED) is 0.669. The lowest BCUT2D eigenvalue weighted by Crippen LogP contribution is -2.33. The fraction of sp³-hybridized carbons (Fsp3) is 0.636. The molecule has 1 rings (SSSR count). The Kier molecular flexibility index (Phi) is 9.26. The molecular weight excluding hydrogens is 258 g/mol. The minimum Gasteiger partial charge on any atom is -0.383 e. The van der Waals surface area contributed by atoms with Gasteiger partial charge in [-0.05, 0) is 6.92 Å². The van der Waals surface area contributed by atoms with Crippen molar-refractivity contribution in [2.75, 3.05) is 33.4 Å². The average Bonchev–Trinajstić information content (AvgIpc) is 2.69. The number of nitrogens with one attached hydrogen (secondary N) is 2. The van der Waals surface area contributed by atoms with Gasteiger partial charge in [-0.3, -0.25) is 4.79 Å². The van der Waals surface area contributed by atoms with E-state index in [0.29, 0.717) is 24.6 Å². The van der Waals surface area contributed by atoms with Crippen LogP contribution in [0.15, 0.2) is 10.6 Å². The molecule has 7 heteroatoms. The SMILES string of the molecule is COCCNCCNC(=O)Cc1cc(C)on1.Cl. The maximum atomic E-state index is 11.5. The summed E-state index contributed by atoms with van der Waals surface area (Å²) < 4.78 is 9.76. The molecule has 18 heavy (non-hydrogen) atoms. The largest absolute Gasteiger partial charge is 0.383 e. The number of halogens is 1. The van der Waals surface area contributed by atoms with Gasteiger partial charge >= 0.3 is 0 Å². The number of hydrogen-bond acceptors (Lipinski definition) is 5. The van der Waals surface area contributed by atoms with Gasteiger partial charge in [0, 0.05) is 32.8 Å². The molecule has 0 fully saturated rings. The predicted molar refractivity (Wildman–Crippen MR) is 69.9 cm³/mol. The summed E-state index contributed by atoms with van der Waals surface area (Å²) in [6.07, 6.45) is 0.259. The Labute approximate surface area is 113 Å². The van der Waals surface area contributed by atoms with E-state index in [1.54, 1.807) is 20.1 Å². The zero-order chi connectivity index (χ0) is 12.5. The number of carbonyl (C=O) groups is 1. The minimum atomic E-state index is -0.0492. The highest BCUT2D eigenvalue weighted by Gasteiger charge is 2.06. The molecule has 0 aliphatic carbocycles. The van der Waals surface area contributed by atoms with Crippen LogP contribution in [0.4, 0.5) is 0 Å². The van der Waals surface area contributed by atoms with Crippen LogP contribution in [0.5, 0.6) is 0 Å². The second kappa shape index (κ2) is 9.87. The highest BCUT2D eigenvalue weighted by molar-refractivity contribution is 5.85. The summed E-state index contributed by atoms with van der Waals surface area (Å²) in [5.41, 5.74) is 0.660. The maximum absolute atomic E-state index is 11.5. The van der Waals surface area contributed by atoms with Crippen LogP contribution in [0.25, 0.3) is 0 Å². The summed E-state index contributed by atoms with van der Waals surface area (Å²) >= 11 is 0. The van der Waals surface area contributed by atoms with Gasteiger partial charge in [0.1, 0.15) is 5.76 Å². The topological polar surface area (TPSA) is 76.4 Å². The zero-order valence-electron chi connectivity index (χ0n) is 10.7. The van der Waals surface area contributed by atoms with Crippen molar-refractivity contribution in [2.45, 2.75) is 13.3 Å². The Morgan fingerprint density at radius 1 is 1.44 bits per heavy atom. The molecule has 0 aromatic carbocycles. The smallest absolute Gasteiger partial charge is 0.226 e. The van der Waals surface area contributed by atoms with Gasteiger partial charge in [-0.2, -0.15) is 0 Å². The number of aromatic nitrogens is 1. The van der Waals surface area contributed by atoms with E-state index in [-0.39, 0.29) is 24.7 Å². The van der Waals surface area contributed by atoms with Crippen molar-refractivity contribution in [2.24, 2.45) is 0 Å². The first-order valence-corrected chi connectivity index (χ1v) is 5.61. The van der Waals surface area contributed by atoms with E-state index in [2.05, 4.69) is 15.8 Å². The van der Waals surface area contributed by atoms with Crippen LogP contribution in [0, 0.1) is 6.92 Å². The van der Waals surface area contributed by atoms with Crippen molar-refractivity contribution < 1.29 is 14.1 Å². The lowest BCUT2D eigenvalue weighted by atomic mass is 10.3. The van der Waals surface area contributed by atoms with Gasteiger partial charge in [-0.25, -0.2) is 0 Å². The molecule has 0 unspecified atom stereocenters. The van der Waals surface area contributed by atoms with E-state index in [4.69, 9.17) is 9.26 Å². The zero-order valence-corrected chi connectivity index (χ0v) is 11.5. The summed E-state index contributed by atoms with van der Waals surface area (Å²) in [6, 6.07) is 1.76. The number of methoxy groups -OCH3 is 1. The number of carbonyl (C=O) groups excluding carboxylic acids is 1. The molecule has 0 aliphatic rings. The van der Waals surface area contributed by atoms with Gasteiger partial charge in [0.25, 0.3) is 0 Å². The number of rotatable bonds is 8. The summed E-state index contributed by atoms with van der Waals surface area (Å²) in [6.45, 7) is 4.58. The number of aryl methyl sites for hydroxylation is 1. The molecule has 0 aliphatic heterocycles. The number of amides is 1. The lowest BCUT2D eigenvalue weighted by Gasteiger charge is -2.05. The van der Waals surface area contributed by atoms with Gasteiger partial charge in [0.2, 0.25) is 5.91 Å². The fourth-order valence-electron chi connectivity index (χ4n) is 1.32. The van der Waals surface area contributed by atoms with Gasteiger partial charge in [0.15, 0.2) is 0 Å². The third-order valence-electron chi connectivity index (χ3n) is 2.13. The molecule has 0 atom stereocenters. The molecule has 2 N–H and O–H groups in total. The molecule has 1 heterocycles. The molecule has 0 saturated carbocycles. The second-order valence-electron chi connectivity index (χ2n) is 3.70. The predicted octanol–water partition coefficient (Wildman–Crippen LogP) is 0.300. The standard InChI is InChI=1S/C11H19N3O3.ClH/c1-9-7-10(14-17-9)8-11(15)13-4-3-12-5-6-16-2;/h7,12H,3-6,8H2,1-2H3,(H,13,15);1H. The second-order valence-corrected chi connectivity index (χ2v) is 3.70. The molecule has 1 amide bonds. The van der Waals surface area contributed by atoms with Crippen LogP contribution in [0.3, 0.4) is 0 Å². The molecule has 104 valence electrons. The summed E-state index contributed by atoms with van der Waals surface area (Å²) in [7, 11) is 1.66. The summed E-state index contributed by atoms with van der Waals surface area (Å²) in [5.74, 6) is 0.667. The van der Waals surface area contributed by atoms with Crippen molar-refractivity contribution in [1.82, 2.24) is 15.8 Å². The van der Waals surface area contributed by atoms with Crippen LogP contribution in [0.1, 0.15) is 11.5 Å². The van der Waals surface area contributed by atoms with Gasteiger partial charge in [0.05, 0.1) is 18.7 Å². The Morgan fingerprint density at radius 2 is 2.22 bits per heavy atom. The highest BCUT2D eigenvalue weighted by Crippen LogP contribution is 2.01. The van der Waals surface area contributed by atoms with E-state index in [0.717, 1.165) is 13.1 Å². The van der Waals surface area contributed by atoms with Crippen molar-refractivity contribution >= 4 is 18.3 Å². The summed E-state index contributed by atoms with van der Waals surface area (Å²) in [5, 5.41) is 9.69. The van der Waals surface area contributed by atoms with E-state index >= 15 is 0 Å². The van der Waals surface area contributed by atoms with Crippen molar-refractivity contribution in [3.63, 3.8) is 0 Å². The third-order valence-corrected chi connectivity index (χ3v) is 2.13. The maximum Gasteiger partial charge on any atom is 0.226 e. The van der Waals surface area contributed by atoms with Crippen LogP contribution in [-0.2, 0) is 16.0 Å². The molecule has 0 spiro atoms. The van der Waals surface area contributed by atoms with Crippen molar-refractivity contribution in [3.05, 3.63) is 17.5 Å². The monoisotopic (exact) mass is 277 g/mol. The van der Waals surface area contributed by atoms with Crippen LogP contribution in [-0.4, -0.2) is 44.4 Å². The number of hydrogen-bond donors (Lipinski definition) is 2. The molecular formula is C11H20ClN3O3. The molecule has 1 aromatic rings. The van der Waals surface area contributed by atoms with Gasteiger partial charge < -0.3 is 19.9 Å². The fourth-order valence-corrected chi connectivity index (χ4v) is 1.32. The van der Waals surface area contributed by atoms with Gasteiger partial charge in [-0.1, -0.05) is 5.16 Å². The molecule has 1 aromatic heterocycles. The summed E-state index contributed by atoms with van der Waals surface area (Å²) in [4.78, 5) is 11.5. The Hall–Kier alpha value is -1.11. The van der Waals surface area contributed by atoms with E-state index in [1.165, 1.54) is 0 Å². The lowest BCUT2D eigenvalue weighted by molar-refractivity contribution is -0.120. The van der Waals surface area contributed by atoms with Crippen LogP contribution < -0.4 is 10.6 Å². The third kappa shape index (κ3) is 7.26. The van der Waals surface area contributed by atoms with Crippen molar-refractivity contribution in [3.8, 4) is 0 Å². The minimum absolute atomic E-state index is 0. The normalized spacial score (nSPS) is 9.89.